The van der Waals surface area contributed by atoms with E-state index in [1.54, 1.807) is 31.4 Å². The van der Waals surface area contributed by atoms with Gasteiger partial charge >= 0.3 is 28.9 Å². The molecule has 1 saturated heterocycles. The number of methoxy groups -OCH3 is 1. The first kappa shape index (κ1) is 39.4. The van der Waals surface area contributed by atoms with Crippen LogP contribution in [0, 0.1) is 5.92 Å². The molecule has 1 aliphatic heterocycles. The van der Waals surface area contributed by atoms with Gasteiger partial charge in [-0.2, -0.15) is 26.0 Å². The largest absolute Gasteiger partial charge is 2.00 e. The summed E-state index contributed by atoms with van der Waals surface area (Å²) in [5.41, 5.74) is 2.24. The molecule has 0 amide bonds. The van der Waals surface area contributed by atoms with Gasteiger partial charge in [0.2, 0.25) is 11.7 Å². The van der Waals surface area contributed by atoms with Gasteiger partial charge in [-0.05, 0) is 37.1 Å². The van der Waals surface area contributed by atoms with Gasteiger partial charge in [0.25, 0.3) is 5.56 Å². The second-order valence-corrected chi connectivity index (χ2v) is 13.8. The number of rotatable bonds is 9. The molecule has 0 saturated carbocycles. The molecule has 5 aromatic rings. The standard InChI is InChI=1S/C37H32Cl2F3N7O4.Mn/c1-47-32-28(34(51)48(2)36(47)52)31(45-35(46-32)37(40,41)42)43-24-11-5-9-22(30(24)39)21-8-4-10-23(29(21)38)25-17-20-12-13-26(27(20)33(44-25)53-3)49-15-14-19(18-49)7-6-16-50;/h4-5,8-11,17,26H,6-7,12-15,18H2,1-3H3,(H,43,45,46);/q-2;+2/t26-;/m0./s1. The number of nitrogens with one attached hydrogen (secondary N) is 1. The molecular weight excluding hydrogens is 789 g/mol. The Morgan fingerprint density at radius 3 is 2.43 bits per heavy atom. The number of anilines is 2. The summed E-state index contributed by atoms with van der Waals surface area (Å²) in [7, 11) is 4.01. The Morgan fingerprint density at radius 2 is 1.72 bits per heavy atom. The summed E-state index contributed by atoms with van der Waals surface area (Å²) in [4.78, 5) is 51.0. The predicted octanol–water partition coefficient (Wildman–Crippen LogP) is 6.99. The Balaban J connectivity index is 0.00000497. The number of likely N-dealkylation sites (tertiary alicyclic amines) is 1. The summed E-state index contributed by atoms with van der Waals surface area (Å²) in [6.45, 7) is 1.73. The molecule has 17 heteroatoms. The fourth-order valence-corrected chi connectivity index (χ4v) is 7.86. The van der Waals surface area contributed by atoms with Gasteiger partial charge in [0.15, 0.2) is 5.65 Å². The van der Waals surface area contributed by atoms with Crippen molar-refractivity contribution >= 4 is 52.0 Å². The monoisotopic (exact) mass is 820 g/mol. The van der Waals surface area contributed by atoms with E-state index in [0.29, 0.717) is 39.7 Å². The number of benzene rings is 2. The number of nitrogens with zero attached hydrogens (tertiary/aromatic N) is 6. The maximum Gasteiger partial charge on any atom is 2.00 e. The molecule has 1 aliphatic carbocycles. The van der Waals surface area contributed by atoms with Gasteiger partial charge in [-0.1, -0.05) is 53.5 Å². The van der Waals surface area contributed by atoms with Gasteiger partial charge in [0.1, 0.15) is 11.2 Å². The van der Waals surface area contributed by atoms with E-state index in [0.717, 1.165) is 59.0 Å². The van der Waals surface area contributed by atoms with E-state index in [4.69, 9.17) is 32.9 Å². The molecule has 7 rings (SSSR count). The van der Waals surface area contributed by atoms with Crippen LogP contribution in [0.15, 0.2) is 52.1 Å². The summed E-state index contributed by atoms with van der Waals surface area (Å²) in [6.07, 6.45) is 0.850. The van der Waals surface area contributed by atoms with Gasteiger partial charge in [-0.15, -0.1) is 6.54 Å². The molecule has 54 heavy (non-hydrogen) atoms. The number of fused-ring (bicyclic) bond motifs is 2. The number of halogens is 5. The van der Waals surface area contributed by atoms with E-state index in [-0.39, 0.29) is 39.2 Å². The van der Waals surface area contributed by atoms with Crippen molar-refractivity contribution in [2.75, 3.05) is 25.5 Å². The van der Waals surface area contributed by atoms with Crippen molar-refractivity contribution in [3.05, 3.63) is 96.2 Å². The van der Waals surface area contributed by atoms with Crippen molar-refractivity contribution in [3.8, 4) is 28.3 Å². The van der Waals surface area contributed by atoms with Crippen LogP contribution < -0.4 is 21.3 Å². The van der Waals surface area contributed by atoms with Crippen molar-refractivity contribution < 1.29 is 39.8 Å². The fraction of sp³-hybridized carbons (Fsp3) is 0.324. The summed E-state index contributed by atoms with van der Waals surface area (Å²) >= 11 is 14.0. The van der Waals surface area contributed by atoms with Crippen molar-refractivity contribution in [2.24, 2.45) is 14.1 Å². The van der Waals surface area contributed by atoms with E-state index >= 15 is 0 Å². The first-order valence-electron chi connectivity index (χ1n) is 16.7. The number of alkyl halides is 3. The summed E-state index contributed by atoms with van der Waals surface area (Å²) < 4.78 is 49.2. The van der Waals surface area contributed by atoms with E-state index in [9.17, 15) is 27.6 Å². The van der Waals surface area contributed by atoms with Crippen LogP contribution in [-0.4, -0.2) is 55.5 Å². The quantitative estimate of drug-likeness (QED) is 0.124. The number of aryl methyl sites for hydroxylation is 2. The Hall–Kier alpha value is -4.27. The minimum absolute atomic E-state index is 0. The summed E-state index contributed by atoms with van der Waals surface area (Å²) in [5, 5.41) is 2.88. The van der Waals surface area contributed by atoms with Crippen LogP contribution in [0.25, 0.3) is 33.4 Å². The Bertz CT molecular complexity index is 2410. The molecule has 281 valence electrons. The van der Waals surface area contributed by atoms with Crippen molar-refractivity contribution in [2.45, 2.75) is 44.3 Å². The molecular formula is C37H32Cl2F3MnN7O4. The van der Waals surface area contributed by atoms with Gasteiger partial charge in [0, 0.05) is 42.4 Å². The topological polar surface area (TPSA) is 124 Å². The van der Waals surface area contributed by atoms with E-state index in [1.165, 1.54) is 26.1 Å². The molecule has 11 nitrogen and oxygen atoms in total. The second kappa shape index (κ2) is 15.5. The van der Waals surface area contributed by atoms with Crippen LogP contribution in [0.2, 0.25) is 10.0 Å². The third-order valence-corrected chi connectivity index (χ3v) is 10.7. The Kier molecular flexibility index (Phi) is 11.3. The zero-order valence-corrected chi connectivity index (χ0v) is 31.8. The third kappa shape index (κ3) is 7.03. The second-order valence-electron chi connectivity index (χ2n) is 13.0. The molecule has 0 bridgehead atoms. The SMILES string of the molecule is COc1nc(-c2cccc(-c3cccc(Nc4nc(C(F)(F)F)nc5c4c(=O)n(C)c(=O)n5C)c3Cl)c2Cl)cc2c1[C@@H](N1CC[C-](CC[C-]=O)C1)CC2.[Mn+2]. The van der Waals surface area contributed by atoms with Crippen molar-refractivity contribution in [1.82, 2.24) is 29.0 Å². The van der Waals surface area contributed by atoms with Gasteiger partial charge in [-0.25, -0.2) is 26.2 Å². The van der Waals surface area contributed by atoms with E-state index in [2.05, 4.69) is 20.2 Å². The fourth-order valence-electron chi connectivity index (χ4n) is 7.26. The van der Waals surface area contributed by atoms with Gasteiger partial charge in [-0.3, -0.25) is 20.2 Å². The van der Waals surface area contributed by atoms with Gasteiger partial charge < -0.3 is 25.7 Å². The number of aromatic nitrogens is 5. The first-order valence-corrected chi connectivity index (χ1v) is 17.5. The van der Waals surface area contributed by atoms with Crippen LogP contribution >= 0.6 is 23.2 Å². The molecule has 1 N–H and O–H groups in total. The molecule has 1 fully saturated rings. The molecule has 4 heterocycles. The van der Waals surface area contributed by atoms with Crippen molar-refractivity contribution in [1.29, 1.82) is 0 Å². The molecule has 1 radical (unpaired) electrons. The zero-order chi connectivity index (χ0) is 37.8. The average Bonchev–Trinajstić information content (AvgIpc) is 3.79. The van der Waals surface area contributed by atoms with E-state index < -0.39 is 34.7 Å². The smallest absolute Gasteiger partial charge is 0.542 e. The Labute approximate surface area is 328 Å². The minimum Gasteiger partial charge on any atom is -0.542 e. The summed E-state index contributed by atoms with van der Waals surface area (Å²) in [6, 6.07) is 12.4. The normalized spacial score (nSPS) is 16.0. The molecule has 0 spiro atoms. The van der Waals surface area contributed by atoms with Crippen molar-refractivity contribution in [3.63, 3.8) is 0 Å². The number of pyridine rings is 1. The molecule has 0 unspecified atom stereocenters. The van der Waals surface area contributed by atoms with Crippen LogP contribution in [0.1, 0.15) is 48.7 Å². The maximum absolute atomic E-state index is 13.9. The predicted molar refractivity (Wildman–Crippen MR) is 195 cm³/mol. The van der Waals surface area contributed by atoms with Crippen LogP contribution in [0.3, 0.4) is 0 Å². The number of hydrogen-bond acceptors (Lipinski definition) is 9. The molecule has 3 aromatic heterocycles. The molecule has 2 aromatic carbocycles. The number of ether oxygens (including phenoxy) is 1. The number of carbonyl (C=O) groups excluding carboxylic acids is 1. The Morgan fingerprint density at radius 1 is 1.02 bits per heavy atom. The molecule has 2 aliphatic rings. The third-order valence-electron chi connectivity index (χ3n) is 9.89. The summed E-state index contributed by atoms with van der Waals surface area (Å²) in [5.74, 6) is -0.161. The van der Waals surface area contributed by atoms with Gasteiger partial charge in [0.05, 0.1) is 28.5 Å². The average molecular weight is 822 g/mol. The van der Waals surface area contributed by atoms with Crippen LogP contribution in [-0.2, 0) is 48.6 Å². The van der Waals surface area contributed by atoms with Crippen LogP contribution in [0.4, 0.5) is 24.7 Å². The molecule has 1 atom stereocenters. The van der Waals surface area contributed by atoms with E-state index in [1.807, 2.05) is 18.4 Å². The number of hydrogen-bond donors (Lipinski definition) is 1. The first-order chi connectivity index (χ1) is 25.3. The van der Waals surface area contributed by atoms with Crippen LogP contribution in [0.5, 0.6) is 5.88 Å². The minimum atomic E-state index is -4.98. The maximum atomic E-state index is 13.9. The zero-order valence-electron chi connectivity index (χ0n) is 29.2.